The maximum Gasteiger partial charge on any atom is 0.417 e. The van der Waals surface area contributed by atoms with Crippen LogP contribution in [-0.4, -0.2) is 45.9 Å². The summed E-state index contributed by atoms with van der Waals surface area (Å²) in [5.41, 5.74) is 1.56. The summed E-state index contributed by atoms with van der Waals surface area (Å²) >= 11 is 2.94. The second-order valence-corrected chi connectivity index (χ2v) is 12.9. The molecule has 6 rings (SSSR count). The predicted octanol–water partition coefficient (Wildman–Crippen LogP) is 6.38. The summed E-state index contributed by atoms with van der Waals surface area (Å²) in [6.45, 7) is 2.88. The van der Waals surface area contributed by atoms with Crippen molar-refractivity contribution in [2.45, 2.75) is 51.5 Å². The van der Waals surface area contributed by atoms with Gasteiger partial charge in [0, 0.05) is 47.3 Å². The topological polar surface area (TPSA) is 87.5 Å². The number of hydrogen-bond donors (Lipinski definition) is 1. The molecule has 0 radical (unpaired) electrons. The average molecular weight is 709 g/mol. The van der Waals surface area contributed by atoms with Crippen molar-refractivity contribution >= 4 is 33.7 Å². The Morgan fingerprint density at radius 3 is 2.34 bits per heavy atom. The van der Waals surface area contributed by atoms with Crippen LogP contribution in [0.5, 0.6) is 0 Å². The largest absolute Gasteiger partial charge is 0.417 e. The summed E-state index contributed by atoms with van der Waals surface area (Å²) in [4.78, 5) is 49.0. The molecular weight excluding hydrogens is 675 g/mol. The zero-order valence-corrected chi connectivity index (χ0v) is 27.4. The van der Waals surface area contributed by atoms with Crippen LogP contribution in [0.3, 0.4) is 0 Å². The van der Waals surface area contributed by atoms with E-state index in [9.17, 15) is 27.6 Å². The van der Waals surface area contributed by atoms with Crippen molar-refractivity contribution in [1.82, 2.24) is 19.8 Å². The Hall–Kier alpha value is -4.45. The average Bonchev–Trinajstić information content (AvgIpc) is 3.88. The van der Waals surface area contributed by atoms with Gasteiger partial charge in [0.1, 0.15) is 0 Å². The molecule has 3 aromatic carbocycles. The Labute approximate surface area is 278 Å². The van der Waals surface area contributed by atoms with Gasteiger partial charge < -0.3 is 15.1 Å². The first-order valence-corrected chi connectivity index (χ1v) is 16.2. The molecule has 0 saturated heterocycles. The van der Waals surface area contributed by atoms with Crippen molar-refractivity contribution in [3.05, 3.63) is 121 Å². The van der Waals surface area contributed by atoms with E-state index in [2.05, 4.69) is 26.1 Å². The first-order valence-electron chi connectivity index (χ1n) is 15.4. The fourth-order valence-corrected chi connectivity index (χ4v) is 6.41. The molecule has 2 aliphatic rings. The molecule has 1 fully saturated rings. The lowest BCUT2D eigenvalue weighted by Crippen LogP contribution is -2.46. The number of amides is 2. The van der Waals surface area contributed by atoms with Crippen LogP contribution >= 0.6 is 15.9 Å². The molecule has 8 nitrogen and oxygen atoms in total. The number of alkyl halides is 3. The van der Waals surface area contributed by atoms with E-state index >= 15 is 0 Å². The fourth-order valence-electron chi connectivity index (χ4n) is 5.94. The summed E-state index contributed by atoms with van der Waals surface area (Å²) in [5.74, 6) is 0.0210. The van der Waals surface area contributed by atoms with E-state index < -0.39 is 23.7 Å². The first kappa shape index (κ1) is 32.5. The highest BCUT2D eigenvalue weighted by molar-refractivity contribution is 9.10. The van der Waals surface area contributed by atoms with Crippen LogP contribution in [0.1, 0.15) is 62.9 Å². The molecule has 1 aromatic heterocycles. The number of carbonyl (C=O) groups excluding carboxylic acids is 2. The number of anilines is 1. The van der Waals surface area contributed by atoms with Gasteiger partial charge in [0.15, 0.2) is 0 Å². The van der Waals surface area contributed by atoms with Gasteiger partial charge in [-0.25, -0.2) is 9.55 Å². The van der Waals surface area contributed by atoms with Crippen LogP contribution in [-0.2, 0) is 25.7 Å². The molecule has 0 bridgehead atoms. The van der Waals surface area contributed by atoms with Crippen molar-refractivity contribution in [3.8, 4) is 5.69 Å². The number of halogens is 4. The molecule has 1 aliphatic carbocycles. The maximum atomic E-state index is 14.4. The number of hydrogen-bond acceptors (Lipinski definition) is 5. The maximum absolute atomic E-state index is 14.4. The van der Waals surface area contributed by atoms with Crippen LogP contribution in [0.2, 0.25) is 0 Å². The number of aromatic nitrogens is 2. The van der Waals surface area contributed by atoms with Crippen molar-refractivity contribution in [2.24, 2.45) is 5.92 Å². The molecule has 1 aliphatic heterocycles. The molecule has 1 atom stereocenters. The Balaban J connectivity index is 1.45. The third-order valence-corrected chi connectivity index (χ3v) is 9.36. The number of benzene rings is 3. The number of rotatable bonds is 8. The molecule has 4 aromatic rings. The summed E-state index contributed by atoms with van der Waals surface area (Å²) in [6, 6.07) is 19.6. The zero-order valence-electron chi connectivity index (χ0n) is 25.9. The molecular formula is C35H33BrF3N5O3. The summed E-state index contributed by atoms with van der Waals surface area (Å²) in [6.07, 6.45) is -2.34. The Morgan fingerprint density at radius 2 is 1.70 bits per heavy atom. The molecule has 1 saturated carbocycles. The predicted molar refractivity (Wildman–Crippen MR) is 176 cm³/mol. The quantitative estimate of drug-likeness (QED) is 0.230. The zero-order chi connectivity index (χ0) is 33.5. The van der Waals surface area contributed by atoms with Crippen LogP contribution in [0.25, 0.3) is 5.69 Å². The Bertz CT molecular complexity index is 1870. The van der Waals surface area contributed by atoms with Crippen LogP contribution in [0.4, 0.5) is 19.1 Å². The minimum atomic E-state index is -4.64. The molecule has 2 amide bonds. The molecule has 0 spiro atoms. The van der Waals surface area contributed by atoms with Gasteiger partial charge in [0.05, 0.1) is 23.5 Å². The summed E-state index contributed by atoms with van der Waals surface area (Å²) in [5, 5.41) is 2.60. The van der Waals surface area contributed by atoms with Crippen molar-refractivity contribution in [2.75, 3.05) is 18.5 Å². The van der Waals surface area contributed by atoms with Crippen LogP contribution in [0.15, 0.2) is 82.1 Å². The van der Waals surface area contributed by atoms with E-state index in [0.29, 0.717) is 47.5 Å². The van der Waals surface area contributed by atoms with E-state index in [1.165, 1.54) is 17.0 Å². The second kappa shape index (κ2) is 13.0. The fraction of sp³-hybridized carbons (Fsp3) is 0.314. The highest BCUT2D eigenvalue weighted by atomic mass is 79.9. The molecule has 47 heavy (non-hydrogen) atoms. The van der Waals surface area contributed by atoms with E-state index in [1.807, 2.05) is 30.3 Å². The minimum absolute atomic E-state index is 0.0337. The standard InChI is InChI=1S/C35H33BrF3N5O3/c1-21-16-27-30(20-43(21)32(46)25-12-15-29(36)28(17-25)35(37,38)39)41-34(42(19-23-8-9-23)18-22-6-4-3-5-7-22)44(33(27)47)26-13-10-24(11-14-26)31(45)40-2/h3-7,10-15,17,21,23H,8-9,16,18-20H2,1-2H3,(H,40,45)/t21-/m1/s1. The van der Waals surface area contributed by atoms with Gasteiger partial charge in [0.25, 0.3) is 17.4 Å². The molecule has 2 heterocycles. The lowest BCUT2D eigenvalue weighted by molar-refractivity contribution is -0.138. The minimum Gasteiger partial charge on any atom is -0.355 e. The number of nitrogens with zero attached hydrogens (tertiary/aromatic N) is 4. The van der Waals surface area contributed by atoms with Gasteiger partial charge in [-0.1, -0.05) is 46.3 Å². The summed E-state index contributed by atoms with van der Waals surface area (Å²) < 4.78 is 42.4. The van der Waals surface area contributed by atoms with Crippen LogP contribution in [0, 0.1) is 5.92 Å². The third-order valence-electron chi connectivity index (χ3n) is 8.67. The lowest BCUT2D eigenvalue weighted by Gasteiger charge is -2.36. The highest BCUT2D eigenvalue weighted by Gasteiger charge is 2.37. The lowest BCUT2D eigenvalue weighted by atomic mass is 9.98. The Morgan fingerprint density at radius 1 is 1.02 bits per heavy atom. The number of carbonyl (C=O) groups is 2. The van der Waals surface area contributed by atoms with Crippen LogP contribution < -0.4 is 15.8 Å². The van der Waals surface area contributed by atoms with Crippen molar-refractivity contribution in [3.63, 3.8) is 0 Å². The second-order valence-electron chi connectivity index (χ2n) is 12.1. The van der Waals surface area contributed by atoms with Gasteiger partial charge in [-0.15, -0.1) is 0 Å². The SMILES string of the molecule is CNC(=O)c1ccc(-n2c(N(Cc3ccccc3)CC3CC3)nc3c(c2=O)C[C@@H](C)N(C(=O)c2ccc(Br)c(C(F)(F)F)c2)C3)cc1. The monoisotopic (exact) mass is 707 g/mol. The normalized spacial score (nSPS) is 16.0. The molecule has 1 N–H and O–H groups in total. The summed E-state index contributed by atoms with van der Waals surface area (Å²) in [7, 11) is 1.55. The van der Waals surface area contributed by atoms with Gasteiger partial charge >= 0.3 is 6.18 Å². The van der Waals surface area contributed by atoms with E-state index in [4.69, 9.17) is 4.98 Å². The van der Waals surface area contributed by atoms with Crippen molar-refractivity contribution in [1.29, 1.82) is 0 Å². The third kappa shape index (κ3) is 6.83. The molecule has 0 unspecified atom stereocenters. The number of fused-ring (bicyclic) bond motifs is 1. The molecule has 12 heteroatoms. The number of nitrogens with one attached hydrogen (secondary N) is 1. The van der Waals surface area contributed by atoms with Gasteiger partial charge in [0.2, 0.25) is 5.95 Å². The van der Waals surface area contributed by atoms with E-state index in [-0.39, 0.29) is 34.5 Å². The smallest absolute Gasteiger partial charge is 0.355 e. The van der Waals surface area contributed by atoms with Gasteiger partial charge in [-0.3, -0.25) is 14.4 Å². The van der Waals surface area contributed by atoms with E-state index in [0.717, 1.165) is 24.5 Å². The Kier molecular flexibility index (Phi) is 8.97. The van der Waals surface area contributed by atoms with E-state index in [1.54, 1.807) is 42.8 Å². The van der Waals surface area contributed by atoms with Gasteiger partial charge in [-0.2, -0.15) is 13.2 Å². The van der Waals surface area contributed by atoms with Crippen molar-refractivity contribution < 1.29 is 22.8 Å². The highest BCUT2D eigenvalue weighted by Crippen LogP contribution is 2.36. The first-order chi connectivity index (χ1) is 22.4. The molecule has 244 valence electrons. The van der Waals surface area contributed by atoms with Gasteiger partial charge in [-0.05, 0) is 80.1 Å².